The van der Waals surface area contributed by atoms with Crippen LogP contribution >= 0.6 is 0 Å². The smallest absolute Gasteiger partial charge is 0.415 e. The van der Waals surface area contributed by atoms with E-state index in [9.17, 15) is 23.1 Å². The lowest BCUT2D eigenvalue weighted by atomic mass is 9.87. The first-order valence-electron chi connectivity index (χ1n) is 14.3. The molecule has 0 aromatic heterocycles. The summed E-state index contributed by atoms with van der Waals surface area (Å²) in [7, 11) is 0. The van der Waals surface area contributed by atoms with Crippen molar-refractivity contribution in [1.29, 1.82) is 0 Å². The maximum atomic E-state index is 13.2. The van der Waals surface area contributed by atoms with Crippen molar-refractivity contribution in [3.8, 4) is 5.75 Å². The molecule has 0 spiro atoms. The summed E-state index contributed by atoms with van der Waals surface area (Å²) in [5, 5.41) is 15.1. The first-order valence-corrected chi connectivity index (χ1v) is 14.3. The zero-order chi connectivity index (χ0) is 30.7. The number of allylic oxidation sites excluding steroid dienone is 2. The molecule has 8 heteroatoms. The lowest BCUT2D eigenvalue weighted by molar-refractivity contribution is -0.112. The number of alkyl halides is 3. The van der Waals surface area contributed by atoms with Crippen LogP contribution in [0.5, 0.6) is 5.75 Å². The molecule has 1 amide bonds. The average Bonchev–Trinajstić information content (AvgIpc) is 3.81. The van der Waals surface area contributed by atoms with Crippen molar-refractivity contribution in [2.75, 3.05) is 10.6 Å². The third-order valence-corrected chi connectivity index (χ3v) is 7.06. The summed E-state index contributed by atoms with van der Waals surface area (Å²) in [6.45, 7) is 7.63. The number of aromatic hydroxyl groups is 1. The van der Waals surface area contributed by atoms with Crippen LogP contribution < -0.4 is 16.4 Å². The molecule has 1 aliphatic rings. The third-order valence-electron chi connectivity index (χ3n) is 7.06. The molecule has 3 aromatic rings. The van der Waals surface area contributed by atoms with Gasteiger partial charge >= 0.3 is 6.18 Å². The molecule has 224 valence electrons. The summed E-state index contributed by atoms with van der Waals surface area (Å²) in [4.78, 5) is 13.1. The molecule has 42 heavy (non-hydrogen) atoms. The van der Waals surface area contributed by atoms with Crippen LogP contribution in [-0.4, -0.2) is 17.2 Å². The number of halogens is 3. The maximum absolute atomic E-state index is 13.2. The van der Waals surface area contributed by atoms with Gasteiger partial charge < -0.3 is 21.5 Å². The molecule has 0 bridgehead atoms. The van der Waals surface area contributed by atoms with Gasteiger partial charge in [0.15, 0.2) is 0 Å². The molecule has 0 heterocycles. The lowest BCUT2D eigenvalue weighted by Gasteiger charge is -2.19. The van der Waals surface area contributed by atoms with Crippen LogP contribution in [0, 0.1) is 5.92 Å². The Labute approximate surface area is 246 Å². The molecule has 1 fully saturated rings. The lowest BCUT2D eigenvalue weighted by Crippen LogP contribution is -2.22. The fraction of sp³-hybridized carbons (Fsp3) is 0.324. The second-order valence-corrected chi connectivity index (χ2v) is 10.5. The van der Waals surface area contributed by atoms with Crippen molar-refractivity contribution in [2.45, 2.75) is 64.6 Å². The van der Waals surface area contributed by atoms with Gasteiger partial charge in [-0.3, -0.25) is 4.79 Å². The summed E-state index contributed by atoms with van der Waals surface area (Å²) in [5.41, 5.74) is 7.73. The van der Waals surface area contributed by atoms with Gasteiger partial charge in [-0.2, -0.15) is 13.2 Å². The van der Waals surface area contributed by atoms with E-state index in [0.29, 0.717) is 17.5 Å². The van der Waals surface area contributed by atoms with Gasteiger partial charge in [0.2, 0.25) is 0 Å². The summed E-state index contributed by atoms with van der Waals surface area (Å²) in [5.74, 6) is 0.566. The topological polar surface area (TPSA) is 87.4 Å². The zero-order valence-electron chi connectivity index (χ0n) is 24.2. The highest BCUT2D eigenvalue weighted by atomic mass is 19.4. The van der Waals surface area contributed by atoms with Crippen LogP contribution in [0.4, 0.5) is 24.5 Å². The fourth-order valence-electron chi connectivity index (χ4n) is 4.42. The van der Waals surface area contributed by atoms with Crippen molar-refractivity contribution in [3.63, 3.8) is 0 Å². The standard InChI is InChI=1S/C29H30F3N3O2.C5H10/c1-3-6-26(21-11-13-25(36)14-12-21)22-8-5-10-24(17-22)35-28(37)27(15-19(2)29(30,31)32)34-23-9-4-7-20(16-23)18-33;1-2-5-3-4-5/h4-5,7-17,26,34,36H,2-3,6,18,33H2,1H3,(H,35,37);5H,2-4H2,1H3/b27-15-;. The number of anilines is 2. The van der Waals surface area contributed by atoms with Crippen molar-refractivity contribution < 1.29 is 23.1 Å². The zero-order valence-corrected chi connectivity index (χ0v) is 24.2. The number of hydrogen-bond donors (Lipinski definition) is 4. The molecule has 0 aliphatic heterocycles. The van der Waals surface area contributed by atoms with Crippen molar-refractivity contribution in [1.82, 2.24) is 0 Å². The summed E-state index contributed by atoms with van der Waals surface area (Å²) < 4.78 is 39.7. The molecule has 1 atom stereocenters. The predicted octanol–water partition coefficient (Wildman–Crippen LogP) is 8.64. The Balaban J connectivity index is 0.000000873. The number of carbonyl (C=O) groups is 1. The van der Waals surface area contributed by atoms with E-state index in [0.717, 1.165) is 35.4 Å². The average molecular weight is 580 g/mol. The Morgan fingerprint density at radius 1 is 1.00 bits per heavy atom. The molecule has 4 rings (SSSR count). The van der Waals surface area contributed by atoms with E-state index in [4.69, 9.17) is 5.73 Å². The van der Waals surface area contributed by atoms with Gasteiger partial charge in [-0.15, -0.1) is 0 Å². The van der Waals surface area contributed by atoms with Crippen LogP contribution in [0.1, 0.15) is 68.6 Å². The molecule has 5 nitrogen and oxygen atoms in total. The van der Waals surface area contributed by atoms with Crippen molar-refractivity contribution in [3.05, 3.63) is 113 Å². The van der Waals surface area contributed by atoms with Gasteiger partial charge in [0.1, 0.15) is 11.4 Å². The maximum Gasteiger partial charge on any atom is 0.415 e. The third kappa shape index (κ3) is 10.1. The number of hydrogen-bond acceptors (Lipinski definition) is 4. The number of nitrogens with one attached hydrogen (secondary N) is 2. The van der Waals surface area contributed by atoms with Crippen molar-refractivity contribution >= 4 is 17.3 Å². The molecular weight excluding hydrogens is 539 g/mol. The summed E-state index contributed by atoms with van der Waals surface area (Å²) in [6.07, 6.45) is 2.17. The van der Waals surface area contributed by atoms with Crippen LogP contribution in [0.15, 0.2) is 96.7 Å². The van der Waals surface area contributed by atoms with E-state index in [1.807, 2.05) is 18.2 Å². The molecule has 0 saturated heterocycles. The highest BCUT2D eigenvalue weighted by Gasteiger charge is 2.31. The van der Waals surface area contributed by atoms with Gasteiger partial charge in [0.25, 0.3) is 5.91 Å². The van der Waals surface area contributed by atoms with Crippen LogP contribution in [0.2, 0.25) is 0 Å². The van der Waals surface area contributed by atoms with E-state index in [2.05, 4.69) is 31.1 Å². The summed E-state index contributed by atoms with van der Waals surface area (Å²) >= 11 is 0. The number of benzene rings is 3. The Morgan fingerprint density at radius 2 is 1.64 bits per heavy atom. The predicted molar refractivity (Wildman–Crippen MR) is 164 cm³/mol. The molecule has 1 aliphatic carbocycles. The highest BCUT2D eigenvalue weighted by Crippen LogP contribution is 2.33. The largest absolute Gasteiger partial charge is 0.508 e. The number of rotatable bonds is 11. The molecule has 0 radical (unpaired) electrons. The van der Waals surface area contributed by atoms with E-state index in [1.165, 1.54) is 19.3 Å². The molecular formula is C34H40F3N3O2. The van der Waals surface area contributed by atoms with Crippen LogP contribution in [-0.2, 0) is 11.3 Å². The van der Waals surface area contributed by atoms with Crippen LogP contribution in [0.25, 0.3) is 0 Å². The van der Waals surface area contributed by atoms with Crippen LogP contribution in [0.3, 0.4) is 0 Å². The minimum absolute atomic E-state index is 0.0135. The van der Waals surface area contributed by atoms with E-state index in [-0.39, 0.29) is 23.9 Å². The molecule has 3 aromatic carbocycles. The van der Waals surface area contributed by atoms with Gasteiger partial charge in [-0.25, -0.2) is 0 Å². The van der Waals surface area contributed by atoms with Gasteiger partial charge in [-0.1, -0.05) is 82.5 Å². The van der Waals surface area contributed by atoms with E-state index in [1.54, 1.807) is 54.6 Å². The van der Waals surface area contributed by atoms with E-state index < -0.39 is 17.7 Å². The van der Waals surface area contributed by atoms with E-state index >= 15 is 0 Å². The highest BCUT2D eigenvalue weighted by molar-refractivity contribution is 6.06. The molecule has 1 unspecified atom stereocenters. The molecule has 5 N–H and O–H groups in total. The quantitative estimate of drug-likeness (QED) is 0.135. The Bertz CT molecular complexity index is 1360. The number of amides is 1. The number of carbonyl (C=O) groups excluding carboxylic acids is 1. The van der Waals surface area contributed by atoms with Gasteiger partial charge in [0, 0.05) is 23.8 Å². The minimum atomic E-state index is -4.69. The summed E-state index contributed by atoms with van der Waals surface area (Å²) in [6, 6.07) is 20.9. The number of phenolic OH excluding ortho intramolecular Hbond substituents is 1. The SMILES string of the molecule is C=C(/C=C(\Nc1cccc(CN)c1)C(=O)Nc1cccc(C(CCC)c2ccc(O)cc2)c1)C(F)(F)F.CCC1CC1. The minimum Gasteiger partial charge on any atom is -0.508 e. The van der Waals surface area contributed by atoms with Crippen molar-refractivity contribution in [2.24, 2.45) is 11.7 Å². The Kier molecular flexibility index (Phi) is 11.8. The number of phenols is 1. The number of nitrogens with two attached hydrogens (primary N) is 1. The molecule has 1 saturated carbocycles. The normalized spacial score (nSPS) is 13.9. The Hall–Kier alpha value is -4.04. The second kappa shape index (κ2) is 15.3. The van der Waals surface area contributed by atoms with Gasteiger partial charge in [0.05, 0.1) is 5.57 Å². The first kappa shape index (κ1) is 32.5. The van der Waals surface area contributed by atoms with Gasteiger partial charge in [-0.05, 0) is 71.5 Å². The fourth-order valence-corrected chi connectivity index (χ4v) is 4.42. The second-order valence-electron chi connectivity index (χ2n) is 10.5. The monoisotopic (exact) mass is 579 g/mol. The first-order chi connectivity index (χ1) is 20.0. The Morgan fingerprint density at radius 3 is 2.19 bits per heavy atom.